The fraction of sp³-hybridized carbons (Fsp3) is 0.500. The highest BCUT2D eigenvalue weighted by molar-refractivity contribution is 5.85. The van der Waals surface area contributed by atoms with Crippen LogP contribution < -0.4 is 0 Å². The molecular weight excluding hydrogens is 284 g/mol. The first-order valence-electron chi connectivity index (χ1n) is 8.92. The molecule has 120 valence electrons. The third kappa shape index (κ3) is 1.67. The van der Waals surface area contributed by atoms with Crippen LogP contribution >= 0.6 is 0 Å². The molecule has 3 nitrogen and oxygen atoms in total. The van der Waals surface area contributed by atoms with Crippen LogP contribution in [0.5, 0.6) is 0 Å². The highest BCUT2D eigenvalue weighted by Gasteiger charge is 2.55. The van der Waals surface area contributed by atoms with Crippen LogP contribution in [-0.2, 0) is 11.8 Å². The Kier molecular flexibility index (Phi) is 2.83. The Labute approximate surface area is 137 Å². The minimum atomic E-state index is -0.145. The summed E-state index contributed by atoms with van der Waals surface area (Å²) in [6, 6.07) is 9.00. The zero-order valence-electron chi connectivity index (χ0n) is 13.7. The van der Waals surface area contributed by atoms with Crippen LogP contribution in [0.2, 0.25) is 0 Å². The summed E-state index contributed by atoms with van der Waals surface area (Å²) in [5, 5.41) is 11.9. The normalized spacial score (nSPS) is 35.0. The third-order valence-electron chi connectivity index (χ3n) is 6.44. The van der Waals surface area contributed by atoms with E-state index in [4.69, 9.17) is 0 Å². The van der Waals surface area contributed by atoms with E-state index >= 15 is 0 Å². The number of benzene rings is 1. The molecular formula is C20H24N2O. The summed E-state index contributed by atoms with van der Waals surface area (Å²) in [6.45, 7) is 4.77. The first-order valence-corrected chi connectivity index (χ1v) is 8.92. The topological polar surface area (TPSA) is 39.3 Å². The second-order valence-electron chi connectivity index (χ2n) is 7.55. The largest absolute Gasteiger partial charge is 0.395 e. The molecule has 4 aliphatic rings. The molecule has 0 saturated carbocycles. The number of fused-ring (bicyclic) bond motifs is 3. The maximum Gasteiger partial charge on any atom is 0.0561 e. The number of aliphatic hydroxyl groups is 1. The lowest BCUT2D eigenvalue weighted by Gasteiger charge is -2.55. The van der Waals surface area contributed by atoms with E-state index in [1.165, 1.54) is 27.7 Å². The Bertz CT molecular complexity index is 805. The van der Waals surface area contributed by atoms with Gasteiger partial charge in [0.2, 0.25) is 0 Å². The highest BCUT2D eigenvalue weighted by Crippen LogP contribution is 2.52. The molecule has 4 atom stereocenters. The number of hydrogen-bond acceptors (Lipinski definition) is 2. The molecule has 1 aliphatic carbocycles. The SMILES string of the molecule is CCC1=C[C@@H]2CN3CCc4c([nH]c5ccccc45)[C@@](CO)(C2)[C@@H]13. The van der Waals surface area contributed by atoms with Crippen LogP contribution in [0.15, 0.2) is 35.9 Å². The van der Waals surface area contributed by atoms with E-state index in [2.05, 4.69) is 47.1 Å². The number of para-hydroxylation sites is 1. The van der Waals surface area contributed by atoms with E-state index in [9.17, 15) is 5.11 Å². The molecule has 23 heavy (non-hydrogen) atoms. The maximum absolute atomic E-state index is 10.6. The summed E-state index contributed by atoms with van der Waals surface area (Å²) in [5.41, 5.74) is 5.38. The number of H-pyrrole nitrogens is 1. The van der Waals surface area contributed by atoms with E-state index in [-0.39, 0.29) is 12.0 Å². The van der Waals surface area contributed by atoms with Crippen LogP contribution in [0.1, 0.15) is 31.0 Å². The second-order valence-corrected chi connectivity index (χ2v) is 7.55. The molecule has 1 saturated heterocycles. The molecule has 6 rings (SSSR count). The van der Waals surface area contributed by atoms with Crippen molar-refractivity contribution in [2.75, 3.05) is 19.7 Å². The van der Waals surface area contributed by atoms with Gasteiger partial charge in [-0.2, -0.15) is 0 Å². The molecule has 4 heterocycles. The van der Waals surface area contributed by atoms with Crippen molar-refractivity contribution < 1.29 is 5.11 Å². The van der Waals surface area contributed by atoms with E-state index in [0.717, 1.165) is 32.4 Å². The standard InChI is InChI=1S/C20H24N2O/c1-2-14-9-13-10-20(12-23)18-16(7-8-22(11-13)19(14)20)15-5-3-4-6-17(15)21-18/h3-6,9,13,19,21,23H,2,7-8,10-12H2,1H3/t13-,19+,20-/m0/s1. The van der Waals surface area contributed by atoms with E-state index in [1.807, 2.05) is 0 Å². The molecule has 3 heteroatoms. The molecule has 0 amide bonds. The van der Waals surface area contributed by atoms with E-state index in [1.54, 1.807) is 0 Å². The Balaban J connectivity index is 1.80. The number of aromatic nitrogens is 1. The number of hydrogen-bond donors (Lipinski definition) is 2. The number of nitrogens with one attached hydrogen (secondary N) is 1. The summed E-state index contributed by atoms with van der Waals surface area (Å²) < 4.78 is 0. The van der Waals surface area contributed by atoms with Crippen molar-refractivity contribution in [3.8, 4) is 0 Å². The molecule has 1 aromatic heterocycles. The van der Waals surface area contributed by atoms with Crippen LogP contribution in [0.4, 0.5) is 0 Å². The smallest absolute Gasteiger partial charge is 0.0561 e. The average molecular weight is 308 g/mol. The van der Waals surface area contributed by atoms with Gasteiger partial charge < -0.3 is 10.1 Å². The summed E-state index contributed by atoms with van der Waals surface area (Å²) in [5.74, 6) is 0.583. The molecule has 0 radical (unpaired) electrons. The van der Waals surface area contributed by atoms with Crippen molar-refractivity contribution in [3.63, 3.8) is 0 Å². The number of aromatic amines is 1. The first-order chi connectivity index (χ1) is 11.3. The monoisotopic (exact) mass is 308 g/mol. The van der Waals surface area contributed by atoms with Crippen molar-refractivity contribution in [2.45, 2.75) is 37.6 Å². The Morgan fingerprint density at radius 1 is 1.35 bits per heavy atom. The van der Waals surface area contributed by atoms with Gasteiger partial charge in [0.05, 0.1) is 12.0 Å². The number of aliphatic hydroxyl groups excluding tert-OH is 1. The fourth-order valence-corrected chi connectivity index (χ4v) is 5.64. The summed E-state index contributed by atoms with van der Waals surface area (Å²) >= 11 is 0. The summed E-state index contributed by atoms with van der Waals surface area (Å²) in [4.78, 5) is 6.36. The third-order valence-corrected chi connectivity index (χ3v) is 6.44. The lowest BCUT2D eigenvalue weighted by atomic mass is 9.61. The van der Waals surface area contributed by atoms with Gasteiger partial charge in [-0.25, -0.2) is 0 Å². The van der Waals surface area contributed by atoms with Crippen molar-refractivity contribution in [1.29, 1.82) is 0 Å². The summed E-state index contributed by atoms with van der Waals surface area (Å²) in [6.07, 6.45) is 5.76. The highest BCUT2D eigenvalue weighted by atomic mass is 16.3. The Morgan fingerprint density at radius 3 is 3.04 bits per heavy atom. The van der Waals surface area contributed by atoms with E-state index in [0.29, 0.717) is 12.0 Å². The number of rotatable bonds is 2. The number of nitrogens with zero attached hydrogens (tertiary/aromatic N) is 1. The van der Waals surface area contributed by atoms with Gasteiger partial charge in [0, 0.05) is 35.7 Å². The minimum Gasteiger partial charge on any atom is -0.395 e. The lowest BCUT2D eigenvalue weighted by Crippen LogP contribution is -2.61. The lowest BCUT2D eigenvalue weighted by molar-refractivity contribution is 0.0170. The van der Waals surface area contributed by atoms with Crippen LogP contribution in [0.25, 0.3) is 10.9 Å². The van der Waals surface area contributed by atoms with Gasteiger partial charge in [-0.05, 0) is 36.8 Å². The fourth-order valence-electron chi connectivity index (χ4n) is 5.64. The van der Waals surface area contributed by atoms with Gasteiger partial charge in [0.1, 0.15) is 0 Å². The predicted molar refractivity (Wildman–Crippen MR) is 92.6 cm³/mol. The zero-order valence-corrected chi connectivity index (χ0v) is 13.7. The molecule has 1 fully saturated rings. The quantitative estimate of drug-likeness (QED) is 0.837. The molecule has 1 unspecified atom stereocenters. The molecule has 3 aliphatic heterocycles. The minimum absolute atomic E-state index is 0.145. The first kappa shape index (κ1) is 13.8. The van der Waals surface area contributed by atoms with Gasteiger partial charge in [0.15, 0.2) is 0 Å². The van der Waals surface area contributed by atoms with Gasteiger partial charge in [-0.1, -0.05) is 36.8 Å². The van der Waals surface area contributed by atoms with Crippen molar-refractivity contribution in [1.82, 2.24) is 9.88 Å². The summed E-state index contributed by atoms with van der Waals surface area (Å²) in [7, 11) is 0. The molecule has 4 bridgehead atoms. The Morgan fingerprint density at radius 2 is 2.22 bits per heavy atom. The molecule has 0 spiro atoms. The zero-order chi connectivity index (χ0) is 15.6. The van der Waals surface area contributed by atoms with Crippen molar-refractivity contribution >= 4 is 10.9 Å². The van der Waals surface area contributed by atoms with Gasteiger partial charge in [-0.3, -0.25) is 4.90 Å². The van der Waals surface area contributed by atoms with Gasteiger partial charge >= 0.3 is 0 Å². The molecule has 2 aromatic rings. The van der Waals surface area contributed by atoms with Crippen molar-refractivity contribution in [3.05, 3.63) is 47.2 Å². The van der Waals surface area contributed by atoms with Crippen molar-refractivity contribution in [2.24, 2.45) is 5.92 Å². The van der Waals surface area contributed by atoms with Crippen LogP contribution in [0, 0.1) is 5.92 Å². The predicted octanol–water partition coefficient (Wildman–Crippen LogP) is 2.99. The van der Waals surface area contributed by atoms with Crippen LogP contribution in [0.3, 0.4) is 0 Å². The van der Waals surface area contributed by atoms with Gasteiger partial charge in [-0.15, -0.1) is 0 Å². The molecule has 2 N–H and O–H groups in total. The van der Waals surface area contributed by atoms with Crippen LogP contribution in [-0.4, -0.2) is 40.7 Å². The maximum atomic E-state index is 10.6. The average Bonchev–Trinajstić information content (AvgIpc) is 2.94. The Hall–Kier alpha value is -1.58. The van der Waals surface area contributed by atoms with E-state index < -0.39 is 0 Å². The second kappa shape index (κ2) is 4.71. The van der Waals surface area contributed by atoms with Gasteiger partial charge in [0.25, 0.3) is 0 Å². The molecule has 1 aromatic carbocycles. The number of piperidine rings is 1.